The van der Waals surface area contributed by atoms with Gasteiger partial charge in [0.2, 0.25) is 0 Å². The molecule has 0 fully saturated rings. The Hall–Kier alpha value is -3.22. The van der Waals surface area contributed by atoms with Gasteiger partial charge >= 0.3 is 0 Å². The molecular weight excluding hydrogens is 443 g/mol. The molecule has 0 saturated carbocycles. The molecule has 3 aromatic carbocycles. The molecule has 4 nitrogen and oxygen atoms in total. The molecule has 0 bridgehead atoms. The first-order valence-corrected chi connectivity index (χ1v) is 11.0. The predicted molar refractivity (Wildman–Crippen MR) is 131 cm³/mol. The molecule has 0 aliphatic carbocycles. The van der Waals surface area contributed by atoms with E-state index in [1.54, 1.807) is 29.2 Å². The van der Waals surface area contributed by atoms with Gasteiger partial charge in [0, 0.05) is 29.9 Å². The van der Waals surface area contributed by atoms with E-state index in [4.69, 9.17) is 23.8 Å². The highest BCUT2D eigenvalue weighted by Crippen LogP contribution is 2.21. The second-order valence-corrected chi connectivity index (χ2v) is 8.18. The summed E-state index contributed by atoms with van der Waals surface area (Å²) in [5.41, 5.74) is 3.46. The molecule has 162 valence electrons. The van der Waals surface area contributed by atoms with Gasteiger partial charge in [0.25, 0.3) is 0 Å². The topological polar surface area (TPSA) is 33.1 Å². The van der Waals surface area contributed by atoms with Crippen molar-refractivity contribution < 1.29 is 4.39 Å². The van der Waals surface area contributed by atoms with Crippen LogP contribution in [0.15, 0.2) is 91.3 Å². The van der Waals surface area contributed by atoms with Crippen LogP contribution in [0, 0.1) is 5.82 Å². The molecule has 0 radical (unpaired) electrons. The summed E-state index contributed by atoms with van der Waals surface area (Å²) in [7, 11) is 0. The van der Waals surface area contributed by atoms with Gasteiger partial charge < -0.3 is 10.2 Å². The Bertz CT molecular complexity index is 1120. The first-order chi connectivity index (χ1) is 15.6. The van der Waals surface area contributed by atoms with Gasteiger partial charge in [-0.2, -0.15) is 5.10 Å². The summed E-state index contributed by atoms with van der Waals surface area (Å²) in [5, 5.41) is 8.55. The Kier molecular flexibility index (Phi) is 7.14. The van der Waals surface area contributed by atoms with E-state index >= 15 is 0 Å². The van der Waals surface area contributed by atoms with Gasteiger partial charge in [-0.15, -0.1) is 0 Å². The molecule has 0 aliphatic heterocycles. The quantitative estimate of drug-likeness (QED) is 0.334. The number of nitrogens with one attached hydrogen (secondary N) is 1. The lowest BCUT2D eigenvalue weighted by atomic mass is 10.2. The van der Waals surface area contributed by atoms with Crippen LogP contribution in [-0.4, -0.2) is 19.8 Å². The number of aromatic nitrogens is 2. The molecule has 7 heteroatoms. The van der Waals surface area contributed by atoms with E-state index in [2.05, 4.69) is 39.6 Å². The molecule has 1 aromatic heterocycles. The summed E-state index contributed by atoms with van der Waals surface area (Å²) in [6.45, 7) is 1.57. The third-order valence-electron chi connectivity index (χ3n) is 4.99. The number of benzene rings is 3. The van der Waals surface area contributed by atoms with E-state index in [0.29, 0.717) is 28.8 Å². The zero-order valence-electron chi connectivity index (χ0n) is 17.3. The molecule has 32 heavy (non-hydrogen) atoms. The van der Waals surface area contributed by atoms with E-state index in [9.17, 15) is 4.39 Å². The Morgan fingerprint density at radius 3 is 2.16 bits per heavy atom. The van der Waals surface area contributed by atoms with Crippen LogP contribution < -0.4 is 5.32 Å². The van der Waals surface area contributed by atoms with Gasteiger partial charge in [0.05, 0.1) is 18.4 Å². The highest BCUT2D eigenvalue weighted by Gasteiger charge is 2.13. The Morgan fingerprint density at radius 2 is 1.56 bits per heavy atom. The van der Waals surface area contributed by atoms with Crippen molar-refractivity contribution in [2.24, 2.45) is 0 Å². The highest BCUT2D eigenvalue weighted by atomic mass is 35.5. The fourth-order valence-electron chi connectivity index (χ4n) is 3.37. The standard InChI is InChI=1S/C25H22ClFN4S/c26-23-12-7-13-24(27)22(23)18-31-17-21(14-28-31)29-25(32)30(15-19-8-3-1-4-9-19)16-20-10-5-2-6-11-20/h1-14,17H,15-16,18H2,(H,29,32). The Morgan fingerprint density at radius 1 is 0.938 bits per heavy atom. The second-order valence-electron chi connectivity index (χ2n) is 7.38. The number of anilines is 1. The van der Waals surface area contributed by atoms with Crippen LogP contribution in [0.5, 0.6) is 0 Å². The summed E-state index contributed by atoms with van der Waals surface area (Å²) >= 11 is 11.9. The van der Waals surface area contributed by atoms with E-state index in [-0.39, 0.29) is 12.4 Å². The number of hydrogen-bond donors (Lipinski definition) is 1. The molecule has 0 aliphatic rings. The molecule has 0 amide bonds. The third-order valence-corrected chi connectivity index (χ3v) is 5.70. The van der Waals surface area contributed by atoms with Crippen molar-refractivity contribution in [2.45, 2.75) is 19.6 Å². The number of thiocarbonyl (C=S) groups is 1. The maximum absolute atomic E-state index is 14.1. The van der Waals surface area contributed by atoms with Crippen LogP contribution in [0.3, 0.4) is 0 Å². The van der Waals surface area contributed by atoms with Gasteiger partial charge in [-0.05, 0) is 35.5 Å². The molecule has 1 N–H and O–H groups in total. The molecule has 4 rings (SSSR count). The van der Waals surface area contributed by atoms with Gasteiger partial charge in [-0.3, -0.25) is 4.68 Å². The van der Waals surface area contributed by atoms with Gasteiger partial charge in [0.15, 0.2) is 5.11 Å². The Labute approximate surface area is 197 Å². The van der Waals surface area contributed by atoms with Crippen LogP contribution in [0.2, 0.25) is 5.02 Å². The average Bonchev–Trinajstić information content (AvgIpc) is 3.24. The maximum atomic E-state index is 14.1. The summed E-state index contributed by atoms with van der Waals surface area (Å²) in [5.74, 6) is -0.352. The lowest BCUT2D eigenvalue weighted by molar-refractivity contribution is 0.413. The zero-order chi connectivity index (χ0) is 22.3. The average molecular weight is 465 g/mol. The minimum atomic E-state index is -0.352. The van der Waals surface area contributed by atoms with Crippen LogP contribution in [0.25, 0.3) is 0 Å². The zero-order valence-corrected chi connectivity index (χ0v) is 18.9. The largest absolute Gasteiger partial charge is 0.340 e. The van der Waals surface area contributed by atoms with Crippen molar-refractivity contribution in [3.63, 3.8) is 0 Å². The van der Waals surface area contributed by atoms with Crippen molar-refractivity contribution in [1.82, 2.24) is 14.7 Å². The van der Waals surface area contributed by atoms with E-state index < -0.39 is 0 Å². The number of hydrogen-bond acceptors (Lipinski definition) is 2. The van der Waals surface area contributed by atoms with Crippen molar-refractivity contribution in [1.29, 1.82) is 0 Å². The molecule has 0 spiro atoms. The number of halogens is 2. The van der Waals surface area contributed by atoms with Crippen LogP contribution >= 0.6 is 23.8 Å². The molecule has 0 saturated heterocycles. The first kappa shape index (κ1) is 22.0. The fourth-order valence-corrected chi connectivity index (χ4v) is 3.84. The fraction of sp³-hybridized carbons (Fsp3) is 0.120. The SMILES string of the molecule is Fc1cccc(Cl)c1Cn1cc(NC(=S)N(Cc2ccccc2)Cc2ccccc2)cn1. The summed E-state index contributed by atoms with van der Waals surface area (Å²) in [6, 6.07) is 25.0. The predicted octanol–water partition coefficient (Wildman–Crippen LogP) is 6.12. The highest BCUT2D eigenvalue weighted by molar-refractivity contribution is 7.80. The van der Waals surface area contributed by atoms with Crippen molar-refractivity contribution in [2.75, 3.05) is 5.32 Å². The van der Waals surface area contributed by atoms with Gasteiger partial charge in [0.1, 0.15) is 5.82 Å². The maximum Gasteiger partial charge on any atom is 0.174 e. The van der Waals surface area contributed by atoms with E-state index in [0.717, 1.165) is 16.8 Å². The summed E-state index contributed by atoms with van der Waals surface area (Å²) in [6.07, 6.45) is 3.46. The van der Waals surface area contributed by atoms with E-state index in [1.165, 1.54) is 6.07 Å². The normalized spacial score (nSPS) is 10.7. The molecule has 0 unspecified atom stereocenters. The number of rotatable bonds is 7. The van der Waals surface area contributed by atoms with Crippen LogP contribution in [0.4, 0.5) is 10.1 Å². The molecule has 4 aromatic rings. The second kappa shape index (κ2) is 10.4. The van der Waals surface area contributed by atoms with Gasteiger partial charge in [-0.25, -0.2) is 4.39 Å². The van der Waals surface area contributed by atoms with Crippen LogP contribution in [0.1, 0.15) is 16.7 Å². The third kappa shape index (κ3) is 5.72. The lowest BCUT2D eigenvalue weighted by Crippen LogP contribution is -2.33. The van der Waals surface area contributed by atoms with Gasteiger partial charge in [-0.1, -0.05) is 78.3 Å². The van der Waals surface area contributed by atoms with Crippen molar-refractivity contribution in [3.8, 4) is 0 Å². The summed E-state index contributed by atoms with van der Waals surface area (Å²) in [4.78, 5) is 2.10. The molecule has 1 heterocycles. The smallest absolute Gasteiger partial charge is 0.174 e. The first-order valence-electron chi connectivity index (χ1n) is 10.2. The van der Waals surface area contributed by atoms with Crippen molar-refractivity contribution >= 4 is 34.6 Å². The minimum Gasteiger partial charge on any atom is -0.340 e. The minimum absolute atomic E-state index is 0.234. The van der Waals surface area contributed by atoms with Crippen LogP contribution in [-0.2, 0) is 19.6 Å². The van der Waals surface area contributed by atoms with E-state index in [1.807, 2.05) is 36.4 Å². The van der Waals surface area contributed by atoms with Crippen molar-refractivity contribution in [3.05, 3.63) is 119 Å². The monoisotopic (exact) mass is 464 g/mol. The molecule has 0 atom stereocenters. The lowest BCUT2D eigenvalue weighted by Gasteiger charge is -2.26. The molecular formula is C25H22ClFN4S. The Balaban J connectivity index is 1.48. The summed E-state index contributed by atoms with van der Waals surface area (Å²) < 4.78 is 15.7. The number of nitrogens with zero attached hydrogens (tertiary/aromatic N) is 3.